The molecule has 0 N–H and O–H groups in total. The summed E-state index contributed by atoms with van der Waals surface area (Å²) >= 11 is 0. The number of rotatable bonds is 1. The molecule has 0 fully saturated rings. The maximum Gasteiger partial charge on any atom is 0.135 e. The molecule has 1 aliphatic carbocycles. The van der Waals surface area contributed by atoms with Crippen LogP contribution in [0.15, 0.2) is 40.3 Å². The number of fused-ring (bicyclic) bond motifs is 3. The van der Waals surface area contributed by atoms with Crippen LogP contribution in [0.25, 0.3) is 16.5 Å². The first-order valence-corrected chi connectivity index (χ1v) is 7.49. The van der Waals surface area contributed by atoms with E-state index in [1.54, 1.807) is 7.11 Å². The molecule has 1 aromatic heterocycles. The molecule has 0 radical (unpaired) electrons. The van der Waals surface area contributed by atoms with Crippen LogP contribution in [0.1, 0.15) is 50.9 Å². The number of benzene rings is 1. The minimum Gasteiger partial charge on any atom is -0.497 e. The van der Waals surface area contributed by atoms with Crippen molar-refractivity contribution < 1.29 is 9.15 Å². The molecule has 0 saturated heterocycles. The van der Waals surface area contributed by atoms with Crippen LogP contribution >= 0.6 is 0 Å². The van der Waals surface area contributed by atoms with Crippen molar-refractivity contribution in [1.29, 1.82) is 0 Å². The fourth-order valence-electron chi connectivity index (χ4n) is 3.23. The van der Waals surface area contributed by atoms with Crippen LogP contribution in [0, 0.1) is 0 Å². The highest BCUT2D eigenvalue weighted by Gasteiger charge is 2.27. The van der Waals surface area contributed by atoms with Gasteiger partial charge in [0.25, 0.3) is 0 Å². The average molecular weight is 282 g/mol. The predicted molar refractivity (Wildman–Crippen MR) is 87.8 cm³/mol. The lowest BCUT2D eigenvalue weighted by atomic mass is 9.94. The molecule has 3 rings (SSSR count). The predicted octanol–water partition coefficient (Wildman–Crippen LogP) is 5.69. The Balaban J connectivity index is 2.31. The van der Waals surface area contributed by atoms with Gasteiger partial charge in [-0.2, -0.15) is 0 Å². The zero-order valence-corrected chi connectivity index (χ0v) is 13.2. The second kappa shape index (κ2) is 5.10. The first-order valence-electron chi connectivity index (χ1n) is 7.49. The van der Waals surface area contributed by atoms with Crippen molar-refractivity contribution in [3.05, 3.63) is 47.2 Å². The van der Waals surface area contributed by atoms with Gasteiger partial charge >= 0.3 is 0 Å². The zero-order chi connectivity index (χ0) is 15.1. The third kappa shape index (κ3) is 2.19. The molecule has 1 aliphatic rings. The van der Waals surface area contributed by atoms with E-state index >= 15 is 0 Å². The Morgan fingerprint density at radius 1 is 1.33 bits per heavy atom. The number of hydrogen-bond donors (Lipinski definition) is 0. The Kier molecular flexibility index (Phi) is 3.40. The Hall–Kier alpha value is -1.96. The van der Waals surface area contributed by atoms with Gasteiger partial charge in [-0.15, -0.1) is 0 Å². The van der Waals surface area contributed by atoms with Gasteiger partial charge in [0.1, 0.15) is 17.1 Å². The van der Waals surface area contributed by atoms with Crippen LogP contribution in [-0.2, 0) is 0 Å². The number of ether oxygens (including phenoxy) is 1. The minimum atomic E-state index is 0.409. The summed E-state index contributed by atoms with van der Waals surface area (Å²) in [5, 5.41) is 1.11. The second-order valence-corrected chi connectivity index (χ2v) is 6.10. The van der Waals surface area contributed by atoms with Gasteiger partial charge in [-0.1, -0.05) is 19.1 Å². The van der Waals surface area contributed by atoms with Gasteiger partial charge in [-0.25, -0.2) is 0 Å². The molecule has 21 heavy (non-hydrogen) atoms. The number of methoxy groups -OCH3 is 1. The van der Waals surface area contributed by atoms with Crippen LogP contribution in [-0.4, -0.2) is 7.11 Å². The van der Waals surface area contributed by atoms with Gasteiger partial charge in [-0.3, -0.25) is 0 Å². The average Bonchev–Trinajstić information content (AvgIpc) is 2.79. The van der Waals surface area contributed by atoms with Crippen LogP contribution in [0.4, 0.5) is 0 Å². The van der Waals surface area contributed by atoms with E-state index in [-0.39, 0.29) is 0 Å². The van der Waals surface area contributed by atoms with E-state index in [0.717, 1.165) is 40.9 Å². The standard InChI is InChI=1S/C19H22O2/c1-11(2)15-8-6-12(3)19-18(13(15)4)16-10-14(20-5)7-9-17(16)21-19/h7,9-10,12H,4,6,8H2,1-3,5H3/t12-/m0/s1. The summed E-state index contributed by atoms with van der Waals surface area (Å²) in [5.74, 6) is 2.33. The maximum atomic E-state index is 6.14. The first kappa shape index (κ1) is 14.0. The Labute approximate surface area is 126 Å². The topological polar surface area (TPSA) is 22.4 Å². The lowest BCUT2D eigenvalue weighted by Gasteiger charge is -2.10. The van der Waals surface area contributed by atoms with Crippen molar-refractivity contribution in [1.82, 2.24) is 0 Å². The van der Waals surface area contributed by atoms with Crippen LogP contribution < -0.4 is 4.74 Å². The van der Waals surface area contributed by atoms with Crippen LogP contribution in [0.2, 0.25) is 0 Å². The lowest BCUT2D eigenvalue weighted by molar-refractivity contribution is 0.415. The molecule has 110 valence electrons. The molecule has 0 saturated carbocycles. The van der Waals surface area contributed by atoms with Gasteiger partial charge in [-0.05, 0) is 56.0 Å². The lowest BCUT2D eigenvalue weighted by Crippen LogP contribution is -1.90. The van der Waals surface area contributed by atoms with Gasteiger partial charge in [0, 0.05) is 16.9 Å². The summed E-state index contributed by atoms with van der Waals surface area (Å²) in [6.07, 6.45) is 2.17. The van der Waals surface area contributed by atoms with Gasteiger partial charge in [0.05, 0.1) is 7.11 Å². The fourth-order valence-corrected chi connectivity index (χ4v) is 3.23. The van der Waals surface area contributed by atoms with Gasteiger partial charge in [0.2, 0.25) is 0 Å². The first-order chi connectivity index (χ1) is 10.0. The molecule has 1 heterocycles. The van der Waals surface area contributed by atoms with E-state index in [2.05, 4.69) is 33.4 Å². The van der Waals surface area contributed by atoms with E-state index in [4.69, 9.17) is 9.15 Å². The van der Waals surface area contributed by atoms with E-state index in [0.29, 0.717) is 5.92 Å². The molecule has 1 atom stereocenters. The SMILES string of the molecule is C=C1C(=C(C)C)CC[C@H](C)c2oc3ccc(OC)cc3c21. The number of furan rings is 1. The van der Waals surface area contributed by atoms with Crippen molar-refractivity contribution in [2.24, 2.45) is 0 Å². The van der Waals surface area contributed by atoms with Gasteiger partial charge in [0.15, 0.2) is 0 Å². The third-order valence-electron chi connectivity index (χ3n) is 4.47. The molecule has 1 aromatic carbocycles. The Bertz CT molecular complexity index is 742. The second-order valence-electron chi connectivity index (χ2n) is 6.10. The van der Waals surface area contributed by atoms with E-state index in [1.807, 2.05) is 12.1 Å². The van der Waals surface area contributed by atoms with Crippen molar-refractivity contribution >= 4 is 16.5 Å². The van der Waals surface area contributed by atoms with Crippen molar-refractivity contribution in [2.45, 2.75) is 39.5 Å². The Morgan fingerprint density at radius 2 is 2.10 bits per heavy atom. The minimum absolute atomic E-state index is 0.409. The normalized spacial score (nSPS) is 18.6. The smallest absolute Gasteiger partial charge is 0.135 e. The summed E-state index contributed by atoms with van der Waals surface area (Å²) in [7, 11) is 1.69. The summed E-state index contributed by atoms with van der Waals surface area (Å²) in [4.78, 5) is 0. The van der Waals surface area contributed by atoms with Crippen molar-refractivity contribution in [3.63, 3.8) is 0 Å². The maximum absolute atomic E-state index is 6.14. The summed E-state index contributed by atoms with van der Waals surface area (Å²) < 4.78 is 11.5. The highest BCUT2D eigenvalue weighted by molar-refractivity contribution is 5.97. The van der Waals surface area contributed by atoms with Crippen molar-refractivity contribution in [3.8, 4) is 5.75 Å². The quantitative estimate of drug-likeness (QED) is 0.627. The molecule has 0 bridgehead atoms. The van der Waals surface area contributed by atoms with E-state index < -0.39 is 0 Å². The summed E-state index contributed by atoms with van der Waals surface area (Å²) in [5.41, 5.74) is 5.92. The Morgan fingerprint density at radius 3 is 2.76 bits per heavy atom. The molecule has 0 amide bonds. The summed E-state index contributed by atoms with van der Waals surface area (Å²) in [6, 6.07) is 5.99. The molecule has 2 aromatic rings. The van der Waals surface area contributed by atoms with Crippen LogP contribution in [0.3, 0.4) is 0 Å². The highest BCUT2D eigenvalue weighted by Crippen LogP contribution is 2.45. The zero-order valence-electron chi connectivity index (χ0n) is 13.2. The monoisotopic (exact) mass is 282 g/mol. The molecular weight excluding hydrogens is 260 g/mol. The third-order valence-corrected chi connectivity index (χ3v) is 4.47. The number of allylic oxidation sites excluding steroid dienone is 3. The molecule has 0 spiro atoms. The largest absolute Gasteiger partial charge is 0.497 e. The van der Waals surface area contributed by atoms with E-state index in [9.17, 15) is 0 Å². The van der Waals surface area contributed by atoms with Crippen molar-refractivity contribution in [2.75, 3.05) is 7.11 Å². The van der Waals surface area contributed by atoms with Crippen LogP contribution in [0.5, 0.6) is 5.75 Å². The molecular formula is C19H22O2. The molecule has 0 unspecified atom stereocenters. The molecule has 2 nitrogen and oxygen atoms in total. The molecule has 0 aliphatic heterocycles. The van der Waals surface area contributed by atoms with E-state index in [1.165, 1.54) is 16.7 Å². The fraction of sp³-hybridized carbons (Fsp3) is 0.368. The molecule has 2 heteroatoms. The number of hydrogen-bond acceptors (Lipinski definition) is 2. The summed E-state index contributed by atoms with van der Waals surface area (Å²) in [6.45, 7) is 10.9. The van der Waals surface area contributed by atoms with Gasteiger partial charge < -0.3 is 9.15 Å². The highest BCUT2D eigenvalue weighted by atomic mass is 16.5.